The third-order valence-electron chi connectivity index (χ3n) is 2.23. The van der Waals surface area contributed by atoms with E-state index in [1.54, 1.807) is 23.9 Å². The summed E-state index contributed by atoms with van der Waals surface area (Å²) in [6, 6.07) is 4.03. The molecule has 0 fully saturated rings. The highest BCUT2D eigenvalue weighted by Gasteiger charge is 2.13. The first-order valence-electron chi connectivity index (χ1n) is 4.50. The third-order valence-corrected chi connectivity index (χ3v) is 3.13. The summed E-state index contributed by atoms with van der Waals surface area (Å²) in [7, 11) is 0. The van der Waals surface area contributed by atoms with Gasteiger partial charge in [-0.1, -0.05) is 6.07 Å². The zero-order valence-corrected chi connectivity index (χ0v) is 8.75. The van der Waals surface area contributed by atoms with Crippen molar-refractivity contribution in [2.75, 3.05) is 0 Å². The molecule has 2 heterocycles. The fourth-order valence-corrected chi connectivity index (χ4v) is 2.18. The predicted octanol–water partition coefficient (Wildman–Crippen LogP) is 2.93. The summed E-state index contributed by atoms with van der Waals surface area (Å²) in [6.07, 6.45) is 3.49. The molecule has 1 atom stereocenters. The quantitative estimate of drug-likeness (QED) is 0.841. The van der Waals surface area contributed by atoms with E-state index in [1.165, 1.54) is 4.88 Å². The van der Waals surface area contributed by atoms with Gasteiger partial charge in [-0.2, -0.15) is 0 Å². The standard InChI is InChI=1S/C11H12O2S/c1-8-6-13-7-10(8)11(12)5-9-3-2-4-14-9/h2-4,6-7,11-12H,5H2,1H3. The molecule has 2 aromatic heterocycles. The van der Waals surface area contributed by atoms with Crippen LogP contribution in [-0.4, -0.2) is 5.11 Å². The van der Waals surface area contributed by atoms with Gasteiger partial charge in [0.2, 0.25) is 0 Å². The van der Waals surface area contributed by atoms with Crippen LogP contribution in [0.4, 0.5) is 0 Å². The van der Waals surface area contributed by atoms with Crippen molar-refractivity contribution in [3.63, 3.8) is 0 Å². The van der Waals surface area contributed by atoms with Gasteiger partial charge in [0.25, 0.3) is 0 Å². The molecule has 0 saturated carbocycles. The number of rotatable bonds is 3. The van der Waals surface area contributed by atoms with Crippen LogP contribution in [0.3, 0.4) is 0 Å². The van der Waals surface area contributed by atoms with Crippen LogP contribution in [0.1, 0.15) is 22.1 Å². The van der Waals surface area contributed by atoms with Crippen molar-refractivity contribution in [1.82, 2.24) is 0 Å². The Morgan fingerprint density at radius 1 is 1.50 bits per heavy atom. The summed E-state index contributed by atoms with van der Waals surface area (Å²) in [4.78, 5) is 1.19. The van der Waals surface area contributed by atoms with Gasteiger partial charge in [0.15, 0.2) is 0 Å². The molecule has 74 valence electrons. The highest BCUT2D eigenvalue weighted by Crippen LogP contribution is 2.24. The van der Waals surface area contributed by atoms with Crippen molar-refractivity contribution in [3.8, 4) is 0 Å². The molecular weight excluding hydrogens is 196 g/mol. The number of hydrogen-bond donors (Lipinski definition) is 1. The largest absolute Gasteiger partial charge is 0.472 e. The molecule has 1 unspecified atom stereocenters. The van der Waals surface area contributed by atoms with Crippen LogP contribution in [-0.2, 0) is 6.42 Å². The van der Waals surface area contributed by atoms with Crippen molar-refractivity contribution in [2.45, 2.75) is 19.4 Å². The van der Waals surface area contributed by atoms with Gasteiger partial charge >= 0.3 is 0 Å². The van der Waals surface area contributed by atoms with E-state index in [4.69, 9.17) is 4.42 Å². The lowest BCUT2D eigenvalue weighted by Crippen LogP contribution is -2.00. The molecular formula is C11H12O2S. The molecule has 0 amide bonds. The van der Waals surface area contributed by atoms with E-state index in [9.17, 15) is 5.11 Å². The lowest BCUT2D eigenvalue weighted by molar-refractivity contribution is 0.178. The smallest absolute Gasteiger partial charge is 0.0963 e. The second-order valence-corrected chi connectivity index (χ2v) is 4.34. The Hall–Kier alpha value is -1.06. The SMILES string of the molecule is Cc1cocc1C(O)Cc1cccs1. The van der Waals surface area contributed by atoms with Crippen molar-refractivity contribution in [3.05, 3.63) is 46.0 Å². The number of aliphatic hydroxyl groups is 1. The minimum Gasteiger partial charge on any atom is -0.472 e. The summed E-state index contributed by atoms with van der Waals surface area (Å²) in [5.74, 6) is 0. The van der Waals surface area contributed by atoms with Crippen LogP contribution in [0.2, 0.25) is 0 Å². The molecule has 3 heteroatoms. The Balaban J connectivity index is 2.10. The van der Waals surface area contributed by atoms with Crippen molar-refractivity contribution < 1.29 is 9.52 Å². The summed E-state index contributed by atoms with van der Waals surface area (Å²) >= 11 is 1.66. The molecule has 0 aliphatic rings. The lowest BCUT2D eigenvalue weighted by Gasteiger charge is -2.07. The Kier molecular flexibility index (Phi) is 2.70. The average molecular weight is 208 g/mol. The fourth-order valence-electron chi connectivity index (χ4n) is 1.44. The first-order valence-corrected chi connectivity index (χ1v) is 5.38. The average Bonchev–Trinajstić information content (AvgIpc) is 2.75. The zero-order valence-electron chi connectivity index (χ0n) is 7.93. The second kappa shape index (κ2) is 3.98. The number of aliphatic hydroxyl groups excluding tert-OH is 1. The topological polar surface area (TPSA) is 33.4 Å². The number of furan rings is 1. The van der Waals surface area contributed by atoms with Crippen molar-refractivity contribution in [1.29, 1.82) is 0 Å². The van der Waals surface area contributed by atoms with Gasteiger partial charge in [0.1, 0.15) is 0 Å². The first-order chi connectivity index (χ1) is 6.77. The van der Waals surface area contributed by atoms with Crippen LogP contribution < -0.4 is 0 Å². The van der Waals surface area contributed by atoms with E-state index in [0.29, 0.717) is 6.42 Å². The van der Waals surface area contributed by atoms with Crippen LogP contribution >= 0.6 is 11.3 Å². The highest BCUT2D eigenvalue weighted by molar-refractivity contribution is 7.09. The van der Waals surface area contributed by atoms with E-state index in [2.05, 4.69) is 0 Å². The maximum Gasteiger partial charge on any atom is 0.0963 e. The molecule has 0 aromatic carbocycles. The monoisotopic (exact) mass is 208 g/mol. The lowest BCUT2D eigenvalue weighted by atomic mass is 10.1. The normalized spacial score (nSPS) is 13.0. The summed E-state index contributed by atoms with van der Waals surface area (Å²) in [6.45, 7) is 1.94. The molecule has 2 nitrogen and oxygen atoms in total. The molecule has 0 radical (unpaired) electrons. The van der Waals surface area contributed by atoms with Gasteiger partial charge in [-0.15, -0.1) is 11.3 Å². The van der Waals surface area contributed by atoms with Gasteiger partial charge in [-0.25, -0.2) is 0 Å². The van der Waals surface area contributed by atoms with E-state index in [0.717, 1.165) is 11.1 Å². The number of thiophene rings is 1. The number of hydrogen-bond acceptors (Lipinski definition) is 3. The summed E-state index contributed by atoms with van der Waals surface area (Å²) < 4.78 is 5.03. The van der Waals surface area contributed by atoms with Gasteiger partial charge in [0.05, 0.1) is 18.6 Å². The van der Waals surface area contributed by atoms with Gasteiger partial charge in [0, 0.05) is 16.9 Å². The van der Waals surface area contributed by atoms with Crippen LogP contribution in [0.5, 0.6) is 0 Å². The second-order valence-electron chi connectivity index (χ2n) is 3.31. The molecule has 0 bridgehead atoms. The molecule has 14 heavy (non-hydrogen) atoms. The number of aryl methyl sites for hydroxylation is 1. The van der Waals surface area contributed by atoms with Gasteiger partial charge < -0.3 is 9.52 Å². The van der Waals surface area contributed by atoms with E-state index in [-0.39, 0.29) is 0 Å². The Bertz CT molecular complexity index is 389. The van der Waals surface area contributed by atoms with E-state index < -0.39 is 6.10 Å². The molecule has 0 aliphatic carbocycles. The summed E-state index contributed by atoms with van der Waals surface area (Å²) in [5, 5.41) is 11.9. The Morgan fingerprint density at radius 3 is 2.93 bits per heavy atom. The van der Waals surface area contributed by atoms with Gasteiger partial charge in [-0.3, -0.25) is 0 Å². The minimum atomic E-state index is -0.451. The first kappa shape index (κ1) is 9.49. The molecule has 1 N–H and O–H groups in total. The Morgan fingerprint density at radius 2 is 2.36 bits per heavy atom. The Labute approximate surface area is 86.8 Å². The zero-order chi connectivity index (χ0) is 9.97. The third kappa shape index (κ3) is 1.89. The molecule has 2 aromatic rings. The van der Waals surface area contributed by atoms with Gasteiger partial charge in [-0.05, 0) is 23.9 Å². The fraction of sp³-hybridized carbons (Fsp3) is 0.273. The molecule has 0 spiro atoms. The maximum absolute atomic E-state index is 9.91. The van der Waals surface area contributed by atoms with Crippen molar-refractivity contribution in [2.24, 2.45) is 0 Å². The minimum absolute atomic E-state index is 0.451. The van der Waals surface area contributed by atoms with E-state index >= 15 is 0 Å². The molecule has 2 rings (SSSR count). The predicted molar refractivity (Wildman–Crippen MR) is 56.4 cm³/mol. The summed E-state index contributed by atoms with van der Waals surface area (Å²) in [5.41, 5.74) is 1.90. The van der Waals surface area contributed by atoms with Crippen molar-refractivity contribution >= 4 is 11.3 Å². The van der Waals surface area contributed by atoms with Crippen LogP contribution in [0, 0.1) is 6.92 Å². The van der Waals surface area contributed by atoms with Crippen LogP contribution in [0.15, 0.2) is 34.5 Å². The molecule has 0 aliphatic heterocycles. The van der Waals surface area contributed by atoms with E-state index in [1.807, 2.05) is 24.4 Å². The maximum atomic E-state index is 9.91. The molecule has 0 saturated heterocycles. The highest BCUT2D eigenvalue weighted by atomic mass is 32.1. The van der Waals surface area contributed by atoms with Crippen LogP contribution in [0.25, 0.3) is 0 Å².